The van der Waals surface area contributed by atoms with Gasteiger partial charge in [-0.25, -0.2) is 8.42 Å². The minimum absolute atomic E-state index is 0.0733. The Morgan fingerprint density at radius 1 is 0.951 bits per heavy atom. The Bertz CT molecular complexity index is 1450. The summed E-state index contributed by atoms with van der Waals surface area (Å²) in [4.78, 5) is 29.0. The topological polar surface area (TPSA) is 96.0 Å². The fourth-order valence-corrected chi connectivity index (χ4v) is 6.47. The number of ether oxygens (including phenoxy) is 1. The lowest BCUT2D eigenvalue weighted by Crippen LogP contribution is -2.52. The van der Waals surface area contributed by atoms with Crippen molar-refractivity contribution in [3.05, 3.63) is 89.5 Å². The van der Waals surface area contributed by atoms with E-state index in [-0.39, 0.29) is 23.4 Å². The van der Waals surface area contributed by atoms with Gasteiger partial charge in [-0.05, 0) is 81.1 Å². The number of sulfonamides is 1. The normalized spacial score (nSPS) is 14.3. The summed E-state index contributed by atoms with van der Waals surface area (Å²) in [6.07, 6.45) is 3.98. The second kappa shape index (κ2) is 13.2. The number of hydrogen-bond donors (Lipinski definition) is 1. The van der Waals surface area contributed by atoms with E-state index in [0.717, 1.165) is 46.7 Å². The summed E-state index contributed by atoms with van der Waals surface area (Å²) in [7, 11) is -2.59. The molecule has 0 aromatic heterocycles. The molecule has 0 bridgehead atoms. The van der Waals surface area contributed by atoms with Gasteiger partial charge in [0, 0.05) is 12.6 Å². The Balaban J connectivity index is 1.69. The molecule has 0 aliphatic heterocycles. The van der Waals surface area contributed by atoms with E-state index in [0.29, 0.717) is 11.4 Å². The summed E-state index contributed by atoms with van der Waals surface area (Å²) in [6.45, 7) is 5.23. The number of carbonyl (C=O) groups is 2. The summed E-state index contributed by atoms with van der Waals surface area (Å²) < 4.78 is 34.3. The maximum atomic E-state index is 14.1. The van der Waals surface area contributed by atoms with Crippen LogP contribution in [0.25, 0.3) is 0 Å². The first-order chi connectivity index (χ1) is 19.6. The van der Waals surface area contributed by atoms with Gasteiger partial charge >= 0.3 is 0 Å². The molecule has 9 heteroatoms. The molecule has 0 radical (unpaired) electrons. The number of amides is 2. The first-order valence-electron chi connectivity index (χ1n) is 14.0. The number of nitrogens with one attached hydrogen (secondary N) is 1. The van der Waals surface area contributed by atoms with Gasteiger partial charge in [-0.3, -0.25) is 13.9 Å². The number of rotatable bonds is 11. The second-order valence-electron chi connectivity index (χ2n) is 10.6. The molecule has 1 aliphatic rings. The molecule has 3 aromatic carbocycles. The van der Waals surface area contributed by atoms with E-state index >= 15 is 0 Å². The molecule has 8 nitrogen and oxygen atoms in total. The lowest BCUT2D eigenvalue weighted by Gasteiger charge is -2.33. The van der Waals surface area contributed by atoms with Crippen molar-refractivity contribution >= 4 is 27.5 Å². The Kier molecular flexibility index (Phi) is 9.70. The first-order valence-corrected chi connectivity index (χ1v) is 15.4. The zero-order valence-corrected chi connectivity index (χ0v) is 25.0. The molecule has 41 heavy (non-hydrogen) atoms. The van der Waals surface area contributed by atoms with Crippen molar-refractivity contribution in [3.8, 4) is 5.75 Å². The van der Waals surface area contributed by atoms with Crippen LogP contribution in [0, 0.1) is 13.8 Å². The summed E-state index contributed by atoms with van der Waals surface area (Å²) >= 11 is 0. The van der Waals surface area contributed by atoms with E-state index < -0.39 is 28.5 Å². The number of carbonyl (C=O) groups excluding carboxylic acids is 2. The average Bonchev–Trinajstić information content (AvgIpc) is 3.48. The molecule has 1 atom stereocenters. The van der Waals surface area contributed by atoms with Gasteiger partial charge in [0.2, 0.25) is 11.8 Å². The minimum atomic E-state index is -4.12. The van der Waals surface area contributed by atoms with Crippen LogP contribution in [-0.2, 0) is 26.2 Å². The van der Waals surface area contributed by atoms with Crippen LogP contribution >= 0.6 is 0 Å². The minimum Gasteiger partial charge on any atom is -0.497 e. The highest BCUT2D eigenvalue weighted by Gasteiger charge is 2.33. The van der Waals surface area contributed by atoms with Crippen molar-refractivity contribution in [1.82, 2.24) is 10.2 Å². The third-order valence-corrected chi connectivity index (χ3v) is 9.51. The van der Waals surface area contributed by atoms with Crippen LogP contribution in [0.1, 0.15) is 49.3 Å². The molecule has 3 aromatic rings. The zero-order valence-electron chi connectivity index (χ0n) is 24.2. The summed E-state index contributed by atoms with van der Waals surface area (Å²) in [5, 5.41) is 3.09. The second-order valence-corrected chi connectivity index (χ2v) is 12.5. The Labute approximate surface area is 243 Å². The van der Waals surface area contributed by atoms with Crippen molar-refractivity contribution in [3.63, 3.8) is 0 Å². The number of anilines is 1. The summed E-state index contributed by atoms with van der Waals surface area (Å²) in [6, 6.07) is 20.0. The van der Waals surface area contributed by atoms with E-state index in [1.165, 1.54) is 24.1 Å². The lowest BCUT2D eigenvalue weighted by molar-refractivity contribution is -0.139. The van der Waals surface area contributed by atoms with Crippen LogP contribution < -0.4 is 14.4 Å². The van der Waals surface area contributed by atoms with Crippen LogP contribution in [0.15, 0.2) is 77.7 Å². The maximum absolute atomic E-state index is 14.1. The van der Waals surface area contributed by atoms with E-state index in [2.05, 4.69) is 5.32 Å². The maximum Gasteiger partial charge on any atom is 0.264 e. The van der Waals surface area contributed by atoms with E-state index in [1.54, 1.807) is 43.3 Å². The van der Waals surface area contributed by atoms with Crippen molar-refractivity contribution in [2.45, 2.75) is 70.0 Å². The van der Waals surface area contributed by atoms with Gasteiger partial charge in [0.25, 0.3) is 10.0 Å². The molecule has 218 valence electrons. The summed E-state index contributed by atoms with van der Waals surface area (Å²) in [5.74, 6) is -0.156. The predicted octanol–water partition coefficient (Wildman–Crippen LogP) is 4.98. The van der Waals surface area contributed by atoms with Gasteiger partial charge in [-0.1, -0.05) is 54.8 Å². The third-order valence-electron chi connectivity index (χ3n) is 7.72. The van der Waals surface area contributed by atoms with Crippen molar-refractivity contribution in [2.24, 2.45) is 0 Å². The quantitative estimate of drug-likeness (QED) is 0.347. The largest absolute Gasteiger partial charge is 0.497 e. The smallest absolute Gasteiger partial charge is 0.264 e. The monoisotopic (exact) mass is 577 g/mol. The predicted molar refractivity (Wildman–Crippen MR) is 160 cm³/mol. The number of benzene rings is 3. The molecule has 0 spiro atoms. The molecule has 0 saturated heterocycles. The van der Waals surface area contributed by atoms with Crippen LogP contribution in [-0.4, -0.2) is 50.9 Å². The zero-order chi connectivity index (χ0) is 29.6. The van der Waals surface area contributed by atoms with Gasteiger partial charge in [-0.2, -0.15) is 0 Å². The first kappa shape index (κ1) is 30.1. The molecule has 0 heterocycles. The van der Waals surface area contributed by atoms with Crippen molar-refractivity contribution in [2.75, 3.05) is 18.0 Å². The van der Waals surface area contributed by atoms with Gasteiger partial charge in [0.1, 0.15) is 18.3 Å². The van der Waals surface area contributed by atoms with Gasteiger partial charge in [0.05, 0.1) is 17.7 Å². The van der Waals surface area contributed by atoms with E-state index in [1.807, 2.05) is 38.1 Å². The van der Waals surface area contributed by atoms with Crippen LogP contribution in [0.4, 0.5) is 5.69 Å². The fraction of sp³-hybridized carbons (Fsp3) is 0.375. The highest BCUT2D eigenvalue weighted by atomic mass is 32.2. The van der Waals surface area contributed by atoms with Crippen molar-refractivity contribution < 1.29 is 22.7 Å². The number of aryl methyl sites for hydroxylation is 2. The summed E-state index contributed by atoms with van der Waals surface area (Å²) in [5.41, 5.74) is 3.10. The van der Waals surface area contributed by atoms with Gasteiger partial charge in [-0.15, -0.1) is 0 Å². The molecule has 1 fully saturated rings. The molecule has 1 saturated carbocycles. The van der Waals surface area contributed by atoms with Crippen LogP contribution in [0.3, 0.4) is 0 Å². The fourth-order valence-electron chi connectivity index (χ4n) is 5.06. The van der Waals surface area contributed by atoms with Crippen LogP contribution in [0.5, 0.6) is 5.75 Å². The highest BCUT2D eigenvalue weighted by Crippen LogP contribution is 2.27. The van der Waals surface area contributed by atoms with E-state index in [9.17, 15) is 18.0 Å². The Hall–Kier alpha value is -3.85. The number of methoxy groups -OCH3 is 1. The highest BCUT2D eigenvalue weighted by molar-refractivity contribution is 7.92. The Morgan fingerprint density at radius 3 is 2.20 bits per heavy atom. The number of nitrogens with zero attached hydrogens (tertiary/aromatic N) is 2. The lowest BCUT2D eigenvalue weighted by atomic mass is 10.1. The molecular formula is C32H39N3O5S. The van der Waals surface area contributed by atoms with Crippen LogP contribution in [0.2, 0.25) is 0 Å². The SMILES string of the molecule is COc1ccc(N(CC(=O)N(Cc2ccccc2C)C(C)C(=O)NC2CCCC2)S(=O)(=O)c2ccc(C)cc2)cc1. The van der Waals surface area contributed by atoms with E-state index in [4.69, 9.17) is 4.74 Å². The Morgan fingerprint density at radius 2 is 1.59 bits per heavy atom. The van der Waals surface area contributed by atoms with Gasteiger partial charge in [0.15, 0.2) is 0 Å². The molecule has 1 aliphatic carbocycles. The average molecular weight is 578 g/mol. The molecular weight excluding hydrogens is 538 g/mol. The van der Waals surface area contributed by atoms with Gasteiger partial charge < -0.3 is 15.0 Å². The standard InChI is InChI=1S/C32H39N3O5S/c1-23-13-19-30(20-14-23)41(38,39)35(28-15-17-29(40-4)18-16-28)22-31(36)34(21-26-10-6-5-9-24(26)2)25(3)32(37)33-27-11-7-8-12-27/h5-6,9-10,13-20,25,27H,7-8,11-12,21-22H2,1-4H3,(H,33,37). The number of hydrogen-bond acceptors (Lipinski definition) is 5. The van der Waals surface area contributed by atoms with Crippen molar-refractivity contribution in [1.29, 1.82) is 0 Å². The molecule has 1 unspecified atom stereocenters. The molecule has 1 N–H and O–H groups in total. The molecule has 2 amide bonds. The third kappa shape index (κ3) is 7.27. The molecule has 4 rings (SSSR count).